The number of halogens is 1. The fourth-order valence-electron chi connectivity index (χ4n) is 4.39. The summed E-state index contributed by atoms with van der Waals surface area (Å²) in [5.41, 5.74) is 5.74. The van der Waals surface area contributed by atoms with E-state index >= 15 is 0 Å². The summed E-state index contributed by atoms with van der Waals surface area (Å²) >= 11 is 6.14. The van der Waals surface area contributed by atoms with Crippen LogP contribution in [-0.4, -0.2) is 42.8 Å². The average molecular weight is 411 g/mol. The minimum atomic E-state index is 0.0706. The number of rotatable bonds is 5. The number of nitrogens with zero attached hydrogens (tertiary/aromatic N) is 2. The molecular formula is C24H27ClN2O2. The summed E-state index contributed by atoms with van der Waals surface area (Å²) in [5, 5.41) is 0.731. The molecule has 1 fully saturated rings. The van der Waals surface area contributed by atoms with E-state index in [1.807, 2.05) is 35.2 Å². The second-order valence-electron chi connectivity index (χ2n) is 8.06. The minimum Gasteiger partial charge on any atom is -0.368 e. The topological polar surface area (TPSA) is 40.6 Å². The number of amides is 1. The number of aryl methyl sites for hydroxylation is 3. The largest absolute Gasteiger partial charge is 0.368 e. The molecule has 1 heterocycles. The fourth-order valence-corrected chi connectivity index (χ4v) is 4.55. The fraction of sp³-hybridized carbons (Fsp3) is 0.417. The van der Waals surface area contributed by atoms with Crippen LogP contribution in [0.3, 0.4) is 0 Å². The third kappa shape index (κ3) is 4.48. The lowest BCUT2D eigenvalue weighted by Gasteiger charge is -2.37. The van der Waals surface area contributed by atoms with Crippen LogP contribution in [0.1, 0.15) is 46.3 Å². The van der Waals surface area contributed by atoms with Gasteiger partial charge < -0.3 is 9.80 Å². The molecule has 5 heteroatoms. The Labute approximate surface area is 177 Å². The SMILES string of the molecule is Cc1ccc(Cl)cc1N1CCN(C(=O)CCC(=O)c2ccc3c(c2)CCC3)CC1. The Balaban J connectivity index is 1.29. The summed E-state index contributed by atoms with van der Waals surface area (Å²) in [6.45, 7) is 5.00. The highest BCUT2D eigenvalue weighted by molar-refractivity contribution is 6.30. The maximum absolute atomic E-state index is 12.6. The van der Waals surface area contributed by atoms with Gasteiger partial charge >= 0.3 is 0 Å². The van der Waals surface area contributed by atoms with Crippen LogP contribution in [0.25, 0.3) is 0 Å². The van der Waals surface area contributed by atoms with Gasteiger partial charge in [-0.1, -0.05) is 29.8 Å². The smallest absolute Gasteiger partial charge is 0.223 e. The summed E-state index contributed by atoms with van der Waals surface area (Å²) in [7, 11) is 0. The Hall–Kier alpha value is -2.33. The number of hydrogen-bond acceptors (Lipinski definition) is 3. The molecule has 2 aliphatic rings. The zero-order valence-corrected chi connectivity index (χ0v) is 17.7. The van der Waals surface area contributed by atoms with Gasteiger partial charge in [-0.05, 0) is 61.1 Å². The molecule has 0 radical (unpaired) electrons. The predicted octanol–water partition coefficient (Wildman–Crippen LogP) is 4.45. The molecule has 0 unspecified atom stereocenters. The highest BCUT2D eigenvalue weighted by Gasteiger charge is 2.23. The van der Waals surface area contributed by atoms with Crippen molar-refractivity contribution >= 4 is 29.0 Å². The normalized spacial score (nSPS) is 16.1. The monoisotopic (exact) mass is 410 g/mol. The first-order valence-electron chi connectivity index (χ1n) is 10.4. The van der Waals surface area contributed by atoms with E-state index in [2.05, 4.69) is 17.9 Å². The molecule has 0 saturated carbocycles. The second-order valence-corrected chi connectivity index (χ2v) is 8.50. The zero-order valence-electron chi connectivity index (χ0n) is 16.9. The second kappa shape index (κ2) is 8.58. The maximum atomic E-state index is 12.6. The molecule has 2 aromatic rings. The van der Waals surface area contributed by atoms with Crippen LogP contribution in [0.4, 0.5) is 5.69 Å². The van der Waals surface area contributed by atoms with Crippen LogP contribution in [0.2, 0.25) is 5.02 Å². The Morgan fingerprint density at radius 1 is 0.931 bits per heavy atom. The van der Waals surface area contributed by atoms with Crippen LogP contribution in [0.15, 0.2) is 36.4 Å². The molecule has 0 aromatic heterocycles. The Morgan fingerprint density at radius 3 is 2.48 bits per heavy atom. The molecule has 4 rings (SSSR count). The number of ketones is 1. The number of fused-ring (bicyclic) bond motifs is 1. The van der Waals surface area contributed by atoms with E-state index in [9.17, 15) is 9.59 Å². The van der Waals surface area contributed by atoms with E-state index in [1.165, 1.54) is 23.1 Å². The van der Waals surface area contributed by atoms with Gasteiger partial charge in [0.2, 0.25) is 5.91 Å². The van der Waals surface area contributed by atoms with Gasteiger partial charge in [0.1, 0.15) is 0 Å². The molecule has 4 nitrogen and oxygen atoms in total. The molecule has 0 spiro atoms. The van der Waals surface area contributed by atoms with Crippen molar-refractivity contribution in [3.8, 4) is 0 Å². The van der Waals surface area contributed by atoms with E-state index < -0.39 is 0 Å². The van der Waals surface area contributed by atoms with Crippen molar-refractivity contribution < 1.29 is 9.59 Å². The lowest BCUT2D eigenvalue weighted by molar-refractivity contribution is -0.131. The van der Waals surface area contributed by atoms with E-state index in [4.69, 9.17) is 11.6 Å². The number of carbonyl (C=O) groups is 2. The first-order chi connectivity index (χ1) is 14.0. The number of anilines is 1. The molecule has 0 bridgehead atoms. The Morgan fingerprint density at radius 2 is 1.69 bits per heavy atom. The van der Waals surface area contributed by atoms with Crippen LogP contribution in [-0.2, 0) is 17.6 Å². The summed E-state index contributed by atoms with van der Waals surface area (Å²) in [5.74, 6) is 0.142. The molecule has 1 amide bonds. The van der Waals surface area contributed by atoms with Crippen LogP contribution in [0.5, 0.6) is 0 Å². The summed E-state index contributed by atoms with van der Waals surface area (Å²) in [6, 6.07) is 11.9. The quantitative estimate of drug-likeness (QED) is 0.684. The maximum Gasteiger partial charge on any atom is 0.223 e. The lowest BCUT2D eigenvalue weighted by atomic mass is 10.0. The average Bonchev–Trinajstić information content (AvgIpc) is 3.21. The molecule has 0 atom stereocenters. The first-order valence-corrected chi connectivity index (χ1v) is 10.8. The van der Waals surface area contributed by atoms with E-state index in [0.717, 1.165) is 42.2 Å². The number of Topliss-reactive ketones (excluding diaryl/α,β-unsaturated/α-hetero) is 1. The van der Waals surface area contributed by atoms with Gasteiger partial charge in [0.25, 0.3) is 0 Å². The molecule has 1 aliphatic heterocycles. The predicted molar refractivity (Wildman–Crippen MR) is 117 cm³/mol. The molecule has 2 aromatic carbocycles. The highest BCUT2D eigenvalue weighted by Crippen LogP contribution is 2.26. The van der Waals surface area contributed by atoms with Crippen molar-refractivity contribution in [1.29, 1.82) is 0 Å². The van der Waals surface area contributed by atoms with Crippen molar-refractivity contribution in [2.24, 2.45) is 0 Å². The number of carbonyl (C=O) groups excluding carboxylic acids is 2. The van der Waals surface area contributed by atoms with Crippen molar-refractivity contribution in [2.45, 2.75) is 39.0 Å². The van der Waals surface area contributed by atoms with Crippen LogP contribution in [0, 0.1) is 6.92 Å². The minimum absolute atomic E-state index is 0.0706. The Kier molecular flexibility index (Phi) is 5.91. The van der Waals surface area contributed by atoms with Gasteiger partial charge in [-0.25, -0.2) is 0 Å². The molecule has 152 valence electrons. The summed E-state index contributed by atoms with van der Waals surface area (Å²) in [6.07, 6.45) is 3.91. The molecular weight excluding hydrogens is 384 g/mol. The third-order valence-corrected chi connectivity index (χ3v) is 6.37. The van der Waals surface area contributed by atoms with E-state index in [0.29, 0.717) is 13.1 Å². The number of hydrogen-bond donors (Lipinski definition) is 0. The Bertz CT molecular complexity index is 932. The van der Waals surface area contributed by atoms with E-state index in [-0.39, 0.29) is 24.5 Å². The van der Waals surface area contributed by atoms with Crippen molar-refractivity contribution in [3.05, 3.63) is 63.7 Å². The summed E-state index contributed by atoms with van der Waals surface area (Å²) in [4.78, 5) is 29.3. The molecule has 29 heavy (non-hydrogen) atoms. The molecule has 0 N–H and O–H groups in total. The molecule has 1 aliphatic carbocycles. The van der Waals surface area contributed by atoms with Crippen molar-refractivity contribution in [1.82, 2.24) is 4.90 Å². The first kappa shape index (κ1) is 20.0. The van der Waals surface area contributed by atoms with Gasteiger partial charge in [0.05, 0.1) is 0 Å². The summed E-state index contributed by atoms with van der Waals surface area (Å²) < 4.78 is 0. The van der Waals surface area contributed by atoms with E-state index in [1.54, 1.807) is 0 Å². The van der Waals surface area contributed by atoms with Crippen molar-refractivity contribution in [2.75, 3.05) is 31.1 Å². The van der Waals surface area contributed by atoms with Gasteiger partial charge in [-0.15, -0.1) is 0 Å². The highest BCUT2D eigenvalue weighted by atomic mass is 35.5. The van der Waals surface area contributed by atoms with Gasteiger partial charge in [0, 0.05) is 55.3 Å². The third-order valence-electron chi connectivity index (χ3n) is 6.13. The zero-order chi connectivity index (χ0) is 20.4. The van der Waals surface area contributed by atoms with Crippen molar-refractivity contribution in [3.63, 3.8) is 0 Å². The van der Waals surface area contributed by atoms with Gasteiger partial charge in [-0.2, -0.15) is 0 Å². The number of piperazine rings is 1. The van der Waals surface area contributed by atoms with Crippen LogP contribution >= 0.6 is 11.6 Å². The molecule has 1 saturated heterocycles. The lowest BCUT2D eigenvalue weighted by Crippen LogP contribution is -2.49. The standard InChI is InChI=1S/C24H27ClN2O2/c1-17-5-8-21(25)16-22(17)26-11-13-27(14-12-26)24(29)10-9-23(28)20-7-6-18-3-2-4-19(18)15-20/h5-8,15-16H,2-4,9-14H2,1H3. The van der Waals surface area contributed by atoms with Gasteiger partial charge in [0.15, 0.2) is 5.78 Å². The van der Waals surface area contributed by atoms with Crippen LogP contribution < -0.4 is 4.90 Å². The van der Waals surface area contributed by atoms with Gasteiger partial charge in [-0.3, -0.25) is 9.59 Å². The number of benzene rings is 2.